The van der Waals surface area contributed by atoms with Crippen molar-refractivity contribution in [2.45, 2.75) is 26.4 Å². The SMILES string of the molecule is CCNC(=NCc1cccc(OCC(N)=O)c1)NC(C)COC.I. The maximum absolute atomic E-state index is 10.7. The number of nitrogens with two attached hydrogens (primary N) is 1. The number of hydrogen-bond acceptors (Lipinski definition) is 4. The monoisotopic (exact) mass is 450 g/mol. The van der Waals surface area contributed by atoms with E-state index in [9.17, 15) is 4.79 Å². The smallest absolute Gasteiger partial charge is 0.255 e. The Kier molecular flexibility index (Phi) is 12.0. The normalized spacial score (nSPS) is 12.0. The molecule has 24 heavy (non-hydrogen) atoms. The zero-order chi connectivity index (χ0) is 17.1. The van der Waals surface area contributed by atoms with Crippen molar-refractivity contribution >= 4 is 35.8 Å². The van der Waals surface area contributed by atoms with Crippen LogP contribution < -0.4 is 21.1 Å². The first-order chi connectivity index (χ1) is 11.0. The van der Waals surface area contributed by atoms with Crippen LogP contribution >= 0.6 is 24.0 Å². The minimum absolute atomic E-state index is 0. The molecule has 0 saturated heterocycles. The quantitative estimate of drug-likeness (QED) is 0.299. The maximum atomic E-state index is 10.7. The number of carbonyl (C=O) groups excluding carboxylic acids is 1. The molecule has 0 saturated carbocycles. The van der Waals surface area contributed by atoms with Gasteiger partial charge in [-0.25, -0.2) is 4.99 Å². The molecule has 0 aliphatic carbocycles. The fourth-order valence-electron chi connectivity index (χ4n) is 1.90. The van der Waals surface area contributed by atoms with Crippen molar-refractivity contribution in [3.05, 3.63) is 29.8 Å². The molecule has 0 spiro atoms. The summed E-state index contributed by atoms with van der Waals surface area (Å²) in [5, 5.41) is 6.45. The van der Waals surface area contributed by atoms with Gasteiger partial charge in [-0.2, -0.15) is 0 Å². The Bertz CT molecular complexity index is 526. The first kappa shape index (κ1) is 22.4. The molecule has 0 aliphatic heterocycles. The van der Waals surface area contributed by atoms with E-state index < -0.39 is 5.91 Å². The number of guanidine groups is 1. The van der Waals surface area contributed by atoms with Crippen LogP contribution in [0.3, 0.4) is 0 Å². The van der Waals surface area contributed by atoms with Gasteiger partial charge in [-0.3, -0.25) is 4.79 Å². The number of methoxy groups -OCH3 is 1. The molecule has 1 amide bonds. The number of benzene rings is 1. The second-order valence-corrected chi connectivity index (χ2v) is 5.10. The predicted molar refractivity (Wildman–Crippen MR) is 106 cm³/mol. The highest BCUT2D eigenvalue weighted by molar-refractivity contribution is 14.0. The summed E-state index contributed by atoms with van der Waals surface area (Å²) in [6.45, 7) is 5.76. The van der Waals surface area contributed by atoms with Crippen molar-refractivity contribution in [2.75, 3.05) is 26.9 Å². The zero-order valence-electron chi connectivity index (χ0n) is 14.4. The first-order valence-corrected chi connectivity index (χ1v) is 7.59. The van der Waals surface area contributed by atoms with Gasteiger partial charge in [-0.15, -0.1) is 24.0 Å². The van der Waals surface area contributed by atoms with E-state index in [1.807, 2.05) is 32.0 Å². The first-order valence-electron chi connectivity index (χ1n) is 7.59. The summed E-state index contributed by atoms with van der Waals surface area (Å²) in [5.74, 6) is 0.821. The molecule has 1 rings (SSSR count). The summed E-state index contributed by atoms with van der Waals surface area (Å²) < 4.78 is 10.4. The van der Waals surface area contributed by atoms with Gasteiger partial charge in [-0.1, -0.05) is 12.1 Å². The highest BCUT2D eigenvalue weighted by Crippen LogP contribution is 2.13. The number of primary amides is 1. The molecule has 1 atom stereocenters. The fourth-order valence-corrected chi connectivity index (χ4v) is 1.90. The Morgan fingerprint density at radius 1 is 1.42 bits per heavy atom. The summed E-state index contributed by atoms with van der Waals surface area (Å²) in [6.07, 6.45) is 0. The largest absolute Gasteiger partial charge is 0.484 e. The highest BCUT2D eigenvalue weighted by Gasteiger charge is 2.05. The number of rotatable bonds is 9. The van der Waals surface area contributed by atoms with E-state index in [4.69, 9.17) is 15.2 Å². The molecule has 0 heterocycles. The molecular formula is C16H27IN4O3. The second-order valence-electron chi connectivity index (χ2n) is 5.10. The molecule has 8 heteroatoms. The van der Waals surface area contributed by atoms with Crippen LogP contribution in [0.4, 0.5) is 0 Å². The Morgan fingerprint density at radius 3 is 2.79 bits per heavy atom. The zero-order valence-corrected chi connectivity index (χ0v) is 16.7. The van der Waals surface area contributed by atoms with Crippen molar-refractivity contribution in [3.63, 3.8) is 0 Å². The van der Waals surface area contributed by atoms with Crippen LogP contribution in [0, 0.1) is 0 Å². The van der Waals surface area contributed by atoms with Crippen molar-refractivity contribution in [1.82, 2.24) is 10.6 Å². The lowest BCUT2D eigenvalue weighted by molar-refractivity contribution is -0.119. The number of aliphatic imine (C=N–C) groups is 1. The summed E-state index contributed by atoms with van der Waals surface area (Å²) in [5.41, 5.74) is 6.04. The van der Waals surface area contributed by atoms with E-state index in [1.165, 1.54) is 0 Å². The van der Waals surface area contributed by atoms with E-state index in [0.717, 1.165) is 18.1 Å². The highest BCUT2D eigenvalue weighted by atomic mass is 127. The molecular weight excluding hydrogens is 423 g/mol. The number of amides is 1. The predicted octanol–water partition coefficient (Wildman–Crippen LogP) is 1.26. The second kappa shape index (κ2) is 12.8. The molecule has 0 bridgehead atoms. The molecule has 0 fully saturated rings. The Morgan fingerprint density at radius 2 is 2.17 bits per heavy atom. The number of carbonyl (C=O) groups is 1. The molecule has 0 aliphatic rings. The van der Waals surface area contributed by atoms with Crippen molar-refractivity contribution in [1.29, 1.82) is 0 Å². The molecule has 4 N–H and O–H groups in total. The number of halogens is 1. The van der Waals surface area contributed by atoms with Gasteiger partial charge in [0.2, 0.25) is 0 Å². The van der Waals surface area contributed by atoms with Crippen LogP contribution in [-0.2, 0) is 16.1 Å². The average Bonchev–Trinajstić information content (AvgIpc) is 2.51. The topological polar surface area (TPSA) is 98.0 Å². The lowest BCUT2D eigenvalue weighted by Crippen LogP contribution is -2.43. The fraction of sp³-hybridized carbons (Fsp3) is 0.500. The number of nitrogens with zero attached hydrogens (tertiary/aromatic N) is 1. The maximum Gasteiger partial charge on any atom is 0.255 e. The van der Waals surface area contributed by atoms with Gasteiger partial charge in [0.15, 0.2) is 12.6 Å². The minimum atomic E-state index is -0.501. The Labute approximate surface area is 160 Å². The van der Waals surface area contributed by atoms with Gasteiger partial charge < -0.3 is 25.8 Å². The number of nitrogens with one attached hydrogen (secondary N) is 2. The van der Waals surface area contributed by atoms with E-state index >= 15 is 0 Å². The van der Waals surface area contributed by atoms with Crippen molar-refractivity contribution in [2.24, 2.45) is 10.7 Å². The van der Waals surface area contributed by atoms with Crippen molar-refractivity contribution < 1.29 is 14.3 Å². The van der Waals surface area contributed by atoms with Crippen LogP contribution in [0.1, 0.15) is 19.4 Å². The third-order valence-corrected chi connectivity index (χ3v) is 2.84. The van der Waals surface area contributed by atoms with Gasteiger partial charge in [0.1, 0.15) is 5.75 Å². The van der Waals surface area contributed by atoms with Gasteiger partial charge >= 0.3 is 0 Å². The molecule has 1 unspecified atom stereocenters. The van der Waals surface area contributed by atoms with Crippen LogP contribution in [0.2, 0.25) is 0 Å². The minimum Gasteiger partial charge on any atom is -0.484 e. The molecule has 0 aromatic heterocycles. The molecule has 0 radical (unpaired) electrons. The standard InChI is InChI=1S/C16H26N4O3.HI/c1-4-18-16(20-12(2)10-22-3)19-9-13-6-5-7-14(8-13)23-11-15(17)21;/h5-8,12H,4,9-11H2,1-3H3,(H2,17,21)(H2,18,19,20);1H. The summed E-state index contributed by atoms with van der Waals surface area (Å²) in [4.78, 5) is 15.3. The number of ether oxygens (including phenoxy) is 2. The molecule has 7 nitrogen and oxygen atoms in total. The summed E-state index contributed by atoms with van der Waals surface area (Å²) in [7, 11) is 1.67. The van der Waals surface area contributed by atoms with E-state index in [-0.39, 0.29) is 36.6 Å². The third kappa shape index (κ3) is 9.56. The molecule has 1 aromatic carbocycles. The van der Waals surface area contributed by atoms with E-state index in [1.54, 1.807) is 13.2 Å². The lowest BCUT2D eigenvalue weighted by atomic mass is 10.2. The lowest BCUT2D eigenvalue weighted by Gasteiger charge is -2.17. The average molecular weight is 450 g/mol. The summed E-state index contributed by atoms with van der Waals surface area (Å²) >= 11 is 0. The van der Waals surface area contributed by atoms with Gasteiger partial charge in [0, 0.05) is 19.7 Å². The molecule has 1 aromatic rings. The van der Waals surface area contributed by atoms with Crippen molar-refractivity contribution in [3.8, 4) is 5.75 Å². The summed E-state index contributed by atoms with van der Waals surface area (Å²) in [6, 6.07) is 7.58. The van der Waals surface area contributed by atoms with Crippen LogP contribution in [0.15, 0.2) is 29.3 Å². The van der Waals surface area contributed by atoms with Crippen LogP contribution in [0.5, 0.6) is 5.75 Å². The van der Waals surface area contributed by atoms with Gasteiger partial charge in [0.05, 0.1) is 13.2 Å². The number of hydrogen-bond donors (Lipinski definition) is 3. The van der Waals surface area contributed by atoms with E-state index in [0.29, 0.717) is 18.9 Å². The van der Waals surface area contributed by atoms with Crippen LogP contribution in [-0.4, -0.2) is 44.8 Å². The van der Waals surface area contributed by atoms with Gasteiger partial charge in [0.25, 0.3) is 5.91 Å². The molecule has 136 valence electrons. The van der Waals surface area contributed by atoms with E-state index in [2.05, 4.69) is 15.6 Å². The van der Waals surface area contributed by atoms with Gasteiger partial charge in [-0.05, 0) is 31.5 Å². The Balaban J connectivity index is 0.00000529. The Hall–Kier alpha value is -1.55. The van der Waals surface area contributed by atoms with Crippen LogP contribution in [0.25, 0.3) is 0 Å². The third-order valence-electron chi connectivity index (χ3n) is 2.84.